The number of hydrogen-bond donors (Lipinski definition) is 2. The summed E-state index contributed by atoms with van der Waals surface area (Å²) in [6.07, 6.45) is -2.37. The van der Waals surface area contributed by atoms with E-state index in [1.807, 2.05) is 13.8 Å². The maximum Gasteiger partial charge on any atom is 0.508 e. The number of hydrogen-bond acceptors (Lipinski definition) is 10. The molecule has 0 aliphatic heterocycles. The van der Waals surface area contributed by atoms with Gasteiger partial charge in [-0.15, -0.1) is 0 Å². The van der Waals surface area contributed by atoms with Crippen molar-refractivity contribution in [2.45, 2.75) is 40.5 Å². The topological polar surface area (TPSA) is 164 Å². The van der Waals surface area contributed by atoms with E-state index in [-0.39, 0.29) is 13.2 Å². The Bertz CT molecular complexity index is 376. The lowest BCUT2D eigenvalue weighted by Crippen LogP contribution is -2.10. The third kappa shape index (κ3) is 34.4. The molecule has 0 unspecified atom stereocenters. The molecule has 0 aromatic rings. The molecule has 0 saturated carbocycles. The number of carbonyl (C=O) groups excluding carboxylic acids is 2. The van der Waals surface area contributed by atoms with E-state index < -0.39 is 24.6 Å². The fraction of sp³-hybridized carbons (Fsp3) is 0.750. The van der Waals surface area contributed by atoms with Crippen LogP contribution in [-0.2, 0) is 28.4 Å². The van der Waals surface area contributed by atoms with Crippen LogP contribution in [0.25, 0.3) is 0 Å². The lowest BCUT2D eigenvalue weighted by molar-refractivity contribution is 0.0472. The van der Waals surface area contributed by atoms with Crippen LogP contribution in [-0.4, -0.2) is 74.5 Å². The minimum atomic E-state index is -1.45. The highest BCUT2D eigenvalue weighted by Crippen LogP contribution is 1.88. The molecule has 0 fully saturated rings. The third-order valence-electron chi connectivity index (χ3n) is 1.91. The van der Waals surface area contributed by atoms with Crippen molar-refractivity contribution in [3.8, 4) is 0 Å². The smallest absolute Gasteiger partial charge is 0.450 e. The van der Waals surface area contributed by atoms with Gasteiger partial charge in [0.15, 0.2) is 0 Å². The molecule has 2 N–H and O–H groups in total. The van der Waals surface area contributed by atoms with Crippen molar-refractivity contribution in [2.24, 2.45) is 0 Å². The normalized spacial score (nSPS) is 8.57. The van der Waals surface area contributed by atoms with E-state index in [0.717, 1.165) is 12.8 Å². The molecule has 0 aromatic carbocycles. The van der Waals surface area contributed by atoms with Crippen molar-refractivity contribution in [1.29, 1.82) is 0 Å². The van der Waals surface area contributed by atoms with Crippen molar-refractivity contribution in [3.63, 3.8) is 0 Å². The van der Waals surface area contributed by atoms with Crippen LogP contribution in [0.3, 0.4) is 0 Å². The first kappa shape index (κ1) is 29.8. The van der Waals surface area contributed by atoms with Gasteiger partial charge in [0.25, 0.3) is 0 Å². The molecular weight excluding hydrogens is 384 g/mol. The van der Waals surface area contributed by atoms with Crippen LogP contribution in [0, 0.1) is 0 Å². The Morgan fingerprint density at radius 3 is 1.11 bits per heavy atom. The van der Waals surface area contributed by atoms with Gasteiger partial charge in [0.1, 0.15) is 13.2 Å². The first-order chi connectivity index (χ1) is 13.2. The zero-order chi connectivity index (χ0) is 22.2. The second-order valence-electron chi connectivity index (χ2n) is 4.29. The highest BCUT2D eigenvalue weighted by Gasteiger charge is 2.00. The molecule has 0 heterocycles. The summed E-state index contributed by atoms with van der Waals surface area (Å²) >= 11 is 0. The number of carboxylic acid groups (broad SMARTS) is 2. The highest BCUT2D eigenvalue weighted by atomic mass is 16.7. The number of carbonyl (C=O) groups is 4. The Kier molecular flexibility index (Phi) is 25.7. The zero-order valence-corrected chi connectivity index (χ0v) is 16.6. The molecule has 12 heteroatoms. The van der Waals surface area contributed by atoms with E-state index in [1.165, 1.54) is 0 Å². The third-order valence-corrected chi connectivity index (χ3v) is 1.91. The number of rotatable bonds is 9. The summed E-state index contributed by atoms with van der Waals surface area (Å²) in [6.45, 7) is 8.43. The molecule has 0 atom stereocenters. The van der Waals surface area contributed by atoms with E-state index in [2.05, 4.69) is 28.4 Å². The van der Waals surface area contributed by atoms with Gasteiger partial charge in [0.2, 0.25) is 0 Å². The summed E-state index contributed by atoms with van der Waals surface area (Å²) in [7, 11) is 0. The van der Waals surface area contributed by atoms with Crippen LogP contribution in [0.1, 0.15) is 40.5 Å². The van der Waals surface area contributed by atoms with E-state index in [4.69, 9.17) is 10.2 Å². The van der Waals surface area contributed by atoms with Gasteiger partial charge in [-0.1, -0.05) is 13.8 Å². The van der Waals surface area contributed by atoms with Gasteiger partial charge in [-0.25, -0.2) is 19.2 Å². The van der Waals surface area contributed by atoms with Gasteiger partial charge in [0.05, 0.1) is 26.4 Å². The fourth-order valence-electron chi connectivity index (χ4n) is 0.948. The monoisotopic (exact) mass is 414 g/mol. The first-order valence-corrected chi connectivity index (χ1v) is 8.55. The molecule has 0 rings (SSSR count). The largest absolute Gasteiger partial charge is 0.508 e. The summed E-state index contributed by atoms with van der Waals surface area (Å²) < 4.78 is 25.9. The fourth-order valence-corrected chi connectivity index (χ4v) is 0.948. The predicted molar refractivity (Wildman–Crippen MR) is 94.5 cm³/mol. The molecule has 0 aliphatic carbocycles. The lowest BCUT2D eigenvalue weighted by atomic mass is 10.5. The van der Waals surface area contributed by atoms with Crippen molar-refractivity contribution < 1.29 is 57.8 Å². The summed E-state index contributed by atoms with van der Waals surface area (Å²) in [5.74, 6) is 0. The van der Waals surface area contributed by atoms with E-state index in [0.29, 0.717) is 26.4 Å². The van der Waals surface area contributed by atoms with Crippen LogP contribution in [0.5, 0.6) is 0 Å². The van der Waals surface area contributed by atoms with Crippen LogP contribution in [0.2, 0.25) is 0 Å². The second-order valence-corrected chi connectivity index (χ2v) is 4.29. The van der Waals surface area contributed by atoms with Crippen molar-refractivity contribution in [3.05, 3.63) is 0 Å². The lowest BCUT2D eigenvalue weighted by Gasteiger charge is -2.02. The van der Waals surface area contributed by atoms with Gasteiger partial charge >= 0.3 is 24.6 Å². The Balaban J connectivity index is -0.000000337. The molecule has 0 spiro atoms. The average molecular weight is 414 g/mol. The van der Waals surface area contributed by atoms with Gasteiger partial charge in [-0.05, 0) is 26.7 Å². The first-order valence-electron chi connectivity index (χ1n) is 8.55. The van der Waals surface area contributed by atoms with E-state index in [9.17, 15) is 19.2 Å². The van der Waals surface area contributed by atoms with Crippen molar-refractivity contribution >= 4 is 24.6 Å². The van der Waals surface area contributed by atoms with E-state index in [1.54, 1.807) is 13.8 Å². The molecule has 166 valence electrons. The molecule has 0 bridgehead atoms. The Labute approximate surface area is 163 Å². The van der Waals surface area contributed by atoms with Gasteiger partial charge in [-0.2, -0.15) is 0 Å². The molecule has 28 heavy (non-hydrogen) atoms. The van der Waals surface area contributed by atoms with Gasteiger partial charge in [-0.3, -0.25) is 0 Å². The summed E-state index contributed by atoms with van der Waals surface area (Å²) in [4.78, 5) is 40.0. The summed E-state index contributed by atoms with van der Waals surface area (Å²) in [6, 6.07) is 0. The van der Waals surface area contributed by atoms with Crippen LogP contribution < -0.4 is 0 Å². The maximum atomic E-state index is 10.5. The van der Waals surface area contributed by atoms with Crippen LogP contribution >= 0.6 is 0 Å². The maximum absolute atomic E-state index is 10.5. The van der Waals surface area contributed by atoms with Crippen LogP contribution in [0.15, 0.2) is 0 Å². The molecule has 0 aliphatic rings. The highest BCUT2D eigenvalue weighted by molar-refractivity contribution is 5.60. The quantitative estimate of drug-likeness (QED) is 0.321. The minimum Gasteiger partial charge on any atom is -0.450 e. The molecule has 0 saturated heterocycles. The second kappa shape index (κ2) is 24.1. The SMILES string of the molecule is CCCOC(=O)OCCC.CCOC(=O)OCC.O=C(O)OCCOC(=O)O. The zero-order valence-electron chi connectivity index (χ0n) is 16.6. The predicted octanol–water partition coefficient (Wildman–Crippen LogP) is 3.51. The summed E-state index contributed by atoms with van der Waals surface area (Å²) in [5, 5.41) is 15.7. The van der Waals surface area contributed by atoms with Crippen LogP contribution in [0.4, 0.5) is 19.2 Å². The Morgan fingerprint density at radius 2 is 0.857 bits per heavy atom. The van der Waals surface area contributed by atoms with Gasteiger partial charge in [0, 0.05) is 0 Å². The van der Waals surface area contributed by atoms with E-state index >= 15 is 0 Å². The van der Waals surface area contributed by atoms with Crippen molar-refractivity contribution in [2.75, 3.05) is 39.6 Å². The molecule has 0 amide bonds. The molecular formula is C16H30O12. The molecule has 0 aromatic heterocycles. The Hall–Kier alpha value is -2.92. The average Bonchev–Trinajstić information content (AvgIpc) is 2.63. The molecule has 0 radical (unpaired) electrons. The number of ether oxygens (including phenoxy) is 6. The standard InChI is InChI=1S/C7H14O3.C5H10O3.C4H6O6/c1-3-5-9-7(8)10-6-4-2;1-3-7-5(6)8-4-2;5-3(6)9-1-2-10-4(7)8/h3-6H2,1-2H3;3-4H2,1-2H3;1-2H2,(H,5,6)(H,7,8). The minimum absolute atomic E-state index is 0.276. The Morgan fingerprint density at radius 1 is 0.536 bits per heavy atom. The van der Waals surface area contributed by atoms with Crippen molar-refractivity contribution in [1.82, 2.24) is 0 Å². The van der Waals surface area contributed by atoms with Gasteiger partial charge < -0.3 is 38.6 Å². The summed E-state index contributed by atoms with van der Waals surface area (Å²) in [5.41, 5.74) is 0. The molecule has 12 nitrogen and oxygen atoms in total.